The number of aryl methyl sites for hydroxylation is 2. The number of halogens is 3. The van der Waals surface area contributed by atoms with Crippen LogP contribution in [0.4, 0.5) is 18.9 Å². The van der Waals surface area contributed by atoms with Gasteiger partial charge in [-0.05, 0) is 60.2 Å². The van der Waals surface area contributed by atoms with Gasteiger partial charge in [0.15, 0.2) is 0 Å². The number of carbonyl (C=O) groups is 1. The van der Waals surface area contributed by atoms with Gasteiger partial charge in [0.1, 0.15) is 12.3 Å². The summed E-state index contributed by atoms with van der Waals surface area (Å²) in [6.07, 6.45) is -3.41. The standard InChI is InChI=1S/C27H23F3N2O3/c1-35-23-13-12-19-14-20(11-10-18-6-3-2-4-7-18)26(34)32(24(19)16-23)17-25(33)31-22-9-5-8-21(15-22)27(28,29)30/h2-9,12-16H,10-11,17H2,1H3,(H,31,33). The number of aromatic nitrogens is 1. The van der Waals surface area contributed by atoms with Crippen LogP contribution in [0, 0.1) is 0 Å². The Balaban J connectivity index is 1.66. The first kappa shape index (κ1) is 24.1. The van der Waals surface area contributed by atoms with E-state index in [4.69, 9.17) is 4.74 Å². The van der Waals surface area contributed by atoms with Crippen molar-refractivity contribution in [3.8, 4) is 5.75 Å². The molecule has 4 aromatic rings. The third-order valence-corrected chi connectivity index (χ3v) is 5.68. The van der Waals surface area contributed by atoms with Gasteiger partial charge >= 0.3 is 6.18 Å². The van der Waals surface area contributed by atoms with Crippen LogP contribution in [0.25, 0.3) is 10.9 Å². The highest BCUT2D eigenvalue weighted by Gasteiger charge is 2.30. The Morgan fingerprint density at radius 3 is 2.43 bits per heavy atom. The quantitative estimate of drug-likeness (QED) is 0.383. The third kappa shape index (κ3) is 5.71. The number of rotatable bonds is 7. The minimum atomic E-state index is -4.53. The van der Waals surface area contributed by atoms with E-state index in [0.717, 1.165) is 23.1 Å². The molecule has 0 radical (unpaired) electrons. The van der Waals surface area contributed by atoms with Crippen LogP contribution < -0.4 is 15.6 Å². The van der Waals surface area contributed by atoms with Gasteiger partial charge < -0.3 is 10.1 Å². The molecule has 0 saturated carbocycles. The highest BCUT2D eigenvalue weighted by atomic mass is 19.4. The lowest BCUT2D eigenvalue weighted by atomic mass is 10.0. The second-order valence-corrected chi connectivity index (χ2v) is 8.10. The first-order chi connectivity index (χ1) is 16.7. The van der Waals surface area contributed by atoms with Crippen LogP contribution >= 0.6 is 0 Å². The zero-order valence-corrected chi connectivity index (χ0v) is 18.9. The molecule has 0 aliphatic heterocycles. The van der Waals surface area contributed by atoms with Gasteiger partial charge in [-0.25, -0.2) is 0 Å². The Kier molecular flexibility index (Phi) is 6.91. The monoisotopic (exact) mass is 480 g/mol. The first-order valence-corrected chi connectivity index (χ1v) is 11.0. The van der Waals surface area contributed by atoms with E-state index in [-0.39, 0.29) is 17.8 Å². The fourth-order valence-electron chi connectivity index (χ4n) is 3.92. The van der Waals surface area contributed by atoms with E-state index in [0.29, 0.717) is 29.7 Å². The zero-order chi connectivity index (χ0) is 25.0. The van der Waals surface area contributed by atoms with Crippen LogP contribution in [0.5, 0.6) is 5.75 Å². The molecule has 0 spiro atoms. The molecule has 180 valence electrons. The topological polar surface area (TPSA) is 60.3 Å². The van der Waals surface area contributed by atoms with Crippen molar-refractivity contribution in [1.29, 1.82) is 0 Å². The minimum Gasteiger partial charge on any atom is -0.497 e. The number of carbonyl (C=O) groups excluding carboxylic acids is 1. The number of hydrogen-bond acceptors (Lipinski definition) is 3. The summed E-state index contributed by atoms with van der Waals surface area (Å²) in [5.74, 6) is -0.100. The molecule has 4 rings (SSSR count). The summed E-state index contributed by atoms with van der Waals surface area (Å²) in [7, 11) is 1.50. The smallest absolute Gasteiger partial charge is 0.416 e. The van der Waals surface area contributed by atoms with Gasteiger partial charge in [0.2, 0.25) is 5.91 Å². The van der Waals surface area contributed by atoms with Crippen molar-refractivity contribution in [3.63, 3.8) is 0 Å². The molecule has 1 amide bonds. The average Bonchev–Trinajstić information content (AvgIpc) is 2.84. The van der Waals surface area contributed by atoms with Crippen molar-refractivity contribution in [2.24, 2.45) is 0 Å². The van der Waals surface area contributed by atoms with E-state index in [1.54, 1.807) is 24.3 Å². The van der Waals surface area contributed by atoms with Gasteiger partial charge in [0.25, 0.3) is 5.56 Å². The maximum atomic E-state index is 13.4. The van der Waals surface area contributed by atoms with Crippen molar-refractivity contribution < 1.29 is 22.7 Å². The number of nitrogens with one attached hydrogen (secondary N) is 1. The molecule has 0 bridgehead atoms. The largest absolute Gasteiger partial charge is 0.497 e. The normalized spacial score (nSPS) is 11.4. The van der Waals surface area contributed by atoms with Crippen LogP contribution in [-0.2, 0) is 30.4 Å². The van der Waals surface area contributed by atoms with Gasteiger partial charge in [0, 0.05) is 17.3 Å². The van der Waals surface area contributed by atoms with Gasteiger partial charge in [-0.3, -0.25) is 14.2 Å². The van der Waals surface area contributed by atoms with E-state index < -0.39 is 17.6 Å². The fraction of sp³-hybridized carbons (Fsp3) is 0.185. The molecule has 3 aromatic carbocycles. The molecule has 0 aliphatic carbocycles. The minimum absolute atomic E-state index is 0.00000714. The van der Waals surface area contributed by atoms with E-state index in [9.17, 15) is 22.8 Å². The number of alkyl halides is 3. The Bertz CT molecular complexity index is 1410. The zero-order valence-electron chi connectivity index (χ0n) is 18.9. The fourth-order valence-corrected chi connectivity index (χ4v) is 3.92. The van der Waals surface area contributed by atoms with E-state index >= 15 is 0 Å². The van der Waals surface area contributed by atoms with Crippen LogP contribution in [-0.4, -0.2) is 17.6 Å². The maximum absolute atomic E-state index is 13.4. The predicted molar refractivity (Wildman–Crippen MR) is 129 cm³/mol. The molecular formula is C27H23F3N2O3. The molecule has 1 aromatic heterocycles. The molecule has 1 N–H and O–H groups in total. The van der Waals surface area contributed by atoms with Gasteiger partial charge in [-0.1, -0.05) is 36.4 Å². The number of pyridine rings is 1. The number of benzene rings is 3. The number of amides is 1. The summed E-state index contributed by atoms with van der Waals surface area (Å²) in [6, 6.07) is 21.1. The summed E-state index contributed by atoms with van der Waals surface area (Å²) in [5, 5.41) is 3.22. The highest BCUT2D eigenvalue weighted by molar-refractivity contribution is 5.92. The summed E-state index contributed by atoms with van der Waals surface area (Å²) in [4.78, 5) is 26.2. The molecule has 1 heterocycles. The average molecular weight is 480 g/mol. The van der Waals surface area contributed by atoms with Gasteiger partial charge in [0.05, 0.1) is 18.2 Å². The van der Waals surface area contributed by atoms with E-state index in [1.165, 1.54) is 23.8 Å². The Morgan fingerprint density at radius 2 is 1.71 bits per heavy atom. The molecule has 0 unspecified atom stereocenters. The number of fused-ring (bicyclic) bond motifs is 1. The summed E-state index contributed by atoms with van der Waals surface area (Å²) < 4.78 is 45.7. The van der Waals surface area contributed by atoms with Crippen LogP contribution in [0.3, 0.4) is 0 Å². The summed E-state index contributed by atoms with van der Waals surface area (Å²) >= 11 is 0. The lowest BCUT2D eigenvalue weighted by molar-refractivity contribution is -0.137. The Labute approximate surface area is 199 Å². The predicted octanol–water partition coefficient (Wildman–Crippen LogP) is 5.45. The van der Waals surface area contributed by atoms with Crippen LogP contribution in [0.15, 0.2) is 83.7 Å². The molecule has 5 nitrogen and oxygen atoms in total. The molecule has 0 atom stereocenters. The van der Waals surface area contributed by atoms with Crippen LogP contribution in [0.2, 0.25) is 0 Å². The van der Waals surface area contributed by atoms with Crippen molar-refractivity contribution in [2.75, 3.05) is 12.4 Å². The van der Waals surface area contributed by atoms with Crippen molar-refractivity contribution >= 4 is 22.5 Å². The summed E-state index contributed by atoms with van der Waals surface area (Å²) in [5.41, 5.74) is 0.914. The highest BCUT2D eigenvalue weighted by Crippen LogP contribution is 2.30. The first-order valence-electron chi connectivity index (χ1n) is 11.0. The number of anilines is 1. The van der Waals surface area contributed by atoms with Gasteiger partial charge in [-0.15, -0.1) is 0 Å². The van der Waals surface area contributed by atoms with Gasteiger partial charge in [-0.2, -0.15) is 13.2 Å². The number of ether oxygens (including phenoxy) is 1. The molecule has 0 saturated heterocycles. The van der Waals surface area contributed by atoms with Crippen LogP contribution in [0.1, 0.15) is 16.7 Å². The molecule has 35 heavy (non-hydrogen) atoms. The summed E-state index contributed by atoms with van der Waals surface area (Å²) in [6.45, 7) is -0.363. The molecular weight excluding hydrogens is 457 g/mol. The van der Waals surface area contributed by atoms with Crippen molar-refractivity contribution in [3.05, 3.63) is 106 Å². The van der Waals surface area contributed by atoms with Crippen molar-refractivity contribution in [2.45, 2.75) is 25.6 Å². The van der Waals surface area contributed by atoms with E-state index in [2.05, 4.69) is 5.32 Å². The number of hydrogen-bond donors (Lipinski definition) is 1. The van der Waals surface area contributed by atoms with E-state index in [1.807, 2.05) is 30.3 Å². The lowest BCUT2D eigenvalue weighted by Crippen LogP contribution is -2.30. The third-order valence-electron chi connectivity index (χ3n) is 5.68. The maximum Gasteiger partial charge on any atom is 0.416 e. The van der Waals surface area contributed by atoms with Crippen molar-refractivity contribution in [1.82, 2.24) is 4.57 Å². The second kappa shape index (κ2) is 10.0. The second-order valence-electron chi connectivity index (χ2n) is 8.10. The number of methoxy groups -OCH3 is 1. The number of nitrogens with zero attached hydrogens (tertiary/aromatic N) is 1. The Hall–Kier alpha value is -4.07. The molecule has 0 fully saturated rings. The SMILES string of the molecule is COc1ccc2cc(CCc3ccccc3)c(=O)n(CC(=O)Nc3cccc(C(F)(F)F)c3)c2c1. The molecule has 0 aliphatic rings. The molecule has 8 heteroatoms. The lowest BCUT2D eigenvalue weighted by Gasteiger charge is -2.15. The Morgan fingerprint density at radius 1 is 0.943 bits per heavy atom.